The number of hydrogen-bond donors (Lipinski definition) is 3. The van der Waals surface area contributed by atoms with E-state index in [1.54, 1.807) is 13.8 Å². The minimum absolute atomic E-state index is 0.0130. The zero-order chi connectivity index (χ0) is 31.5. The molecule has 3 heterocycles. The molecule has 0 bridgehead atoms. The molecule has 232 valence electrons. The molecule has 1 unspecified atom stereocenters. The third-order valence-electron chi connectivity index (χ3n) is 6.23. The summed E-state index contributed by atoms with van der Waals surface area (Å²) in [5, 5.41) is 26.7. The number of nitrogens with one attached hydrogen (secondary N) is 2. The maximum absolute atomic E-state index is 13.3. The number of thioether (sulfide) groups is 2. The number of nitrogens with zero attached hydrogens (tertiary/aromatic N) is 6. The minimum atomic E-state index is -1.25. The van der Waals surface area contributed by atoms with Crippen molar-refractivity contribution in [2.24, 2.45) is 0 Å². The molecule has 4 aromatic rings. The summed E-state index contributed by atoms with van der Waals surface area (Å²) in [4.78, 5) is 59.2. The molecule has 0 aliphatic heterocycles. The molecule has 0 fully saturated rings. The first-order valence-corrected chi connectivity index (χ1v) is 15.6. The number of carboxylic acid groups (broad SMARTS) is 1. The standard InChI is InChI=1S/C27H30N8O7S2/c1-3-21(25(39)31-18(11-23(37)38)22(36)15-43-13-17-7-5-4-6-8-17)35-10-9-28-24(26(35)40)29-12-19-20(34-42-33-19)14-44-27-30-16(2)32-41-27/h4-10,18,21H,3,11-15H2,1-2H3,(H,28,29)(H,31,39)(H,37,38)/t18-,21?/m0/s1. The Kier molecular flexibility index (Phi) is 11.6. The molecule has 4 rings (SSSR count). The predicted molar refractivity (Wildman–Crippen MR) is 160 cm³/mol. The summed E-state index contributed by atoms with van der Waals surface area (Å²) >= 11 is 2.57. The maximum atomic E-state index is 13.3. The van der Waals surface area contributed by atoms with Gasteiger partial charge in [0.1, 0.15) is 17.4 Å². The maximum Gasteiger partial charge on any atom is 0.305 e. The second-order valence-corrected chi connectivity index (χ2v) is 11.3. The van der Waals surface area contributed by atoms with Gasteiger partial charge in [0.05, 0.1) is 30.5 Å². The lowest BCUT2D eigenvalue weighted by Gasteiger charge is -2.22. The average molecular weight is 643 g/mol. The summed E-state index contributed by atoms with van der Waals surface area (Å²) in [6.07, 6.45) is 2.33. The molecule has 0 saturated carbocycles. The van der Waals surface area contributed by atoms with E-state index in [0.29, 0.717) is 33.9 Å². The van der Waals surface area contributed by atoms with Crippen LogP contribution in [0.5, 0.6) is 0 Å². The lowest BCUT2D eigenvalue weighted by molar-refractivity contribution is -0.140. The molecule has 0 aliphatic rings. The smallest absolute Gasteiger partial charge is 0.305 e. The highest BCUT2D eigenvalue weighted by atomic mass is 32.2. The summed E-state index contributed by atoms with van der Waals surface area (Å²) in [7, 11) is 0. The molecule has 0 aliphatic carbocycles. The first kappa shape index (κ1) is 32.4. The summed E-state index contributed by atoms with van der Waals surface area (Å²) in [6, 6.07) is 7.25. The van der Waals surface area contributed by atoms with Gasteiger partial charge in [-0.2, -0.15) is 4.98 Å². The third kappa shape index (κ3) is 9.00. The molecule has 0 radical (unpaired) electrons. The highest BCUT2D eigenvalue weighted by molar-refractivity contribution is 7.99. The van der Waals surface area contributed by atoms with Crippen LogP contribution in [0, 0.1) is 6.92 Å². The second-order valence-electron chi connectivity index (χ2n) is 9.42. The molecule has 44 heavy (non-hydrogen) atoms. The van der Waals surface area contributed by atoms with E-state index in [0.717, 1.165) is 5.56 Å². The molecular formula is C27H30N8O7S2. The summed E-state index contributed by atoms with van der Waals surface area (Å²) in [5.41, 5.74) is 1.35. The molecule has 3 N–H and O–H groups in total. The van der Waals surface area contributed by atoms with Gasteiger partial charge in [-0.05, 0) is 18.9 Å². The Morgan fingerprint density at radius 2 is 1.86 bits per heavy atom. The summed E-state index contributed by atoms with van der Waals surface area (Å²) < 4.78 is 11.1. The van der Waals surface area contributed by atoms with Crippen molar-refractivity contribution in [3.8, 4) is 0 Å². The Hall–Kier alpha value is -4.51. The molecule has 17 heteroatoms. The number of Topliss-reactive ketones (excluding diaryl/α,β-unsaturated/α-hetero) is 1. The van der Waals surface area contributed by atoms with Gasteiger partial charge in [-0.15, -0.1) is 11.8 Å². The largest absolute Gasteiger partial charge is 0.481 e. The SMILES string of the molecule is CCC(C(=O)N[C@@H](CC(=O)O)C(=O)CSCc1ccccc1)n1ccnc(NCc2nonc2CSc2nc(C)no2)c1=O. The number of hydrogen-bond acceptors (Lipinski definition) is 14. The molecular weight excluding hydrogens is 612 g/mol. The molecule has 0 spiro atoms. The number of rotatable bonds is 17. The van der Waals surface area contributed by atoms with Crippen molar-refractivity contribution in [1.82, 2.24) is 35.3 Å². The van der Waals surface area contributed by atoms with Crippen molar-refractivity contribution in [2.75, 3.05) is 11.1 Å². The minimum Gasteiger partial charge on any atom is -0.481 e. The monoisotopic (exact) mass is 642 g/mol. The second kappa shape index (κ2) is 15.8. The van der Waals surface area contributed by atoms with Gasteiger partial charge in [-0.3, -0.25) is 23.7 Å². The molecule has 1 amide bonds. The van der Waals surface area contributed by atoms with Crippen molar-refractivity contribution < 1.29 is 28.6 Å². The predicted octanol–water partition coefficient (Wildman–Crippen LogP) is 2.64. The summed E-state index contributed by atoms with van der Waals surface area (Å²) in [6.45, 7) is 3.45. The number of aliphatic carboxylic acids is 1. The fraction of sp³-hybridized carbons (Fsp3) is 0.370. The van der Waals surface area contributed by atoms with Crippen LogP contribution in [0.25, 0.3) is 0 Å². The van der Waals surface area contributed by atoms with Gasteiger partial charge >= 0.3 is 5.97 Å². The van der Waals surface area contributed by atoms with E-state index in [4.69, 9.17) is 9.15 Å². The van der Waals surface area contributed by atoms with Gasteiger partial charge in [-0.25, -0.2) is 9.61 Å². The van der Waals surface area contributed by atoms with Crippen LogP contribution < -0.4 is 16.2 Å². The van der Waals surface area contributed by atoms with E-state index >= 15 is 0 Å². The van der Waals surface area contributed by atoms with Crippen LogP contribution in [-0.2, 0) is 32.4 Å². The number of aromatic nitrogens is 6. The van der Waals surface area contributed by atoms with Crippen molar-refractivity contribution in [1.29, 1.82) is 0 Å². The highest BCUT2D eigenvalue weighted by Crippen LogP contribution is 2.22. The van der Waals surface area contributed by atoms with Gasteiger partial charge < -0.3 is 20.3 Å². The normalized spacial score (nSPS) is 12.4. The molecule has 15 nitrogen and oxygen atoms in total. The lowest BCUT2D eigenvalue weighted by Crippen LogP contribution is -2.47. The molecule has 0 saturated heterocycles. The number of anilines is 1. The Labute approximate surface area is 259 Å². The quantitative estimate of drug-likeness (QED) is 0.141. The van der Waals surface area contributed by atoms with E-state index in [1.807, 2.05) is 30.3 Å². The number of carboxylic acids is 1. The number of benzene rings is 1. The lowest BCUT2D eigenvalue weighted by atomic mass is 10.1. The number of carbonyl (C=O) groups is 3. The molecule has 2 atom stereocenters. The van der Waals surface area contributed by atoms with Crippen LogP contribution in [0.1, 0.15) is 48.6 Å². The fourth-order valence-electron chi connectivity index (χ4n) is 4.03. The van der Waals surface area contributed by atoms with Crippen molar-refractivity contribution in [3.05, 3.63) is 75.9 Å². The topological polar surface area (TPSA) is 208 Å². The van der Waals surface area contributed by atoms with Crippen LogP contribution in [0.4, 0.5) is 5.82 Å². The average Bonchev–Trinajstić information content (AvgIpc) is 3.64. The van der Waals surface area contributed by atoms with E-state index in [2.05, 4.69) is 36.1 Å². The molecule has 1 aromatic carbocycles. The van der Waals surface area contributed by atoms with Crippen molar-refractivity contribution >= 4 is 47.0 Å². The van der Waals surface area contributed by atoms with Crippen LogP contribution in [0.2, 0.25) is 0 Å². The Morgan fingerprint density at radius 3 is 2.57 bits per heavy atom. The zero-order valence-electron chi connectivity index (χ0n) is 23.8. The van der Waals surface area contributed by atoms with Gasteiger partial charge in [0, 0.05) is 18.1 Å². The third-order valence-corrected chi connectivity index (χ3v) is 8.09. The van der Waals surface area contributed by atoms with Crippen LogP contribution in [-0.4, -0.2) is 64.6 Å². The zero-order valence-corrected chi connectivity index (χ0v) is 25.5. The van der Waals surface area contributed by atoms with Gasteiger partial charge in [0.15, 0.2) is 17.4 Å². The van der Waals surface area contributed by atoms with E-state index in [-0.39, 0.29) is 24.5 Å². The number of aryl methyl sites for hydroxylation is 1. The van der Waals surface area contributed by atoms with E-state index < -0.39 is 41.7 Å². The van der Waals surface area contributed by atoms with Gasteiger partial charge in [0.2, 0.25) is 5.91 Å². The van der Waals surface area contributed by atoms with Crippen molar-refractivity contribution in [2.45, 2.75) is 62.0 Å². The van der Waals surface area contributed by atoms with Gasteiger partial charge in [0.25, 0.3) is 10.8 Å². The molecule has 3 aromatic heterocycles. The first-order chi connectivity index (χ1) is 21.2. The number of carbonyl (C=O) groups excluding carboxylic acids is 2. The van der Waals surface area contributed by atoms with Crippen LogP contribution >= 0.6 is 23.5 Å². The van der Waals surface area contributed by atoms with Crippen molar-refractivity contribution in [3.63, 3.8) is 0 Å². The number of amides is 1. The Bertz CT molecular complexity index is 1630. The van der Waals surface area contributed by atoms with Crippen LogP contribution in [0.15, 0.2) is 61.9 Å². The highest BCUT2D eigenvalue weighted by Gasteiger charge is 2.28. The Balaban J connectivity index is 1.39. The van der Waals surface area contributed by atoms with Crippen LogP contribution in [0.3, 0.4) is 0 Å². The van der Waals surface area contributed by atoms with Gasteiger partial charge in [-0.1, -0.05) is 64.5 Å². The summed E-state index contributed by atoms with van der Waals surface area (Å²) in [5.74, 6) is -0.968. The fourth-order valence-corrected chi connectivity index (χ4v) is 5.73. The van der Waals surface area contributed by atoms with E-state index in [1.165, 1.54) is 40.5 Å². The van der Waals surface area contributed by atoms with E-state index in [9.17, 15) is 24.3 Å². The first-order valence-electron chi connectivity index (χ1n) is 13.5. The number of ketones is 1. The Morgan fingerprint density at radius 1 is 1.09 bits per heavy atom.